The van der Waals surface area contributed by atoms with Crippen LogP contribution in [0.25, 0.3) is 16.9 Å². The molecule has 0 unspecified atom stereocenters. The predicted molar refractivity (Wildman–Crippen MR) is 108 cm³/mol. The van der Waals surface area contributed by atoms with Crippen molar-refractivity contribution in [3.05, 3.63) is 47.5 Å². The number of nitrogen functional groups attached to an aromatic ring is 1. The third-order valence-corrected chi connectivity index (χ3v) is 5.40. The minimum absolute atomic E-state index is 0.413. The number of anilines is 3. The van der Waals surface area contributed by atoms with Crippen LogP contribution in [0.3, 0.4) is 0 Å². The molecule has 5 rings (SSSR count). The number of nitrogens with zero attached hydrogens (tertiary/aromatic N) is 7. The molecule has 0 bridgehead atoms. The fraction of sp³-hybridized carbons (Fsp3) is 0.222. The van der Waals surface area contributed by atoms with Crippen LogP contribution in [-0.2, 0) is 0 Å². The lowest BCUT2D eigenvalue weighted by Gasteiger charge is -2.35. The third kappa shape index (κ3) is 2.85. The van der Waals surface area contributed by atoms with Crippen molar-refractivity contribution >= 4 is 40.1 Å². The first-order valence-electron chi connectivity index (χ1n) is 8.74. The summed E-state index contributed by atoms with van der Waals surface area (Å²) in [7, 11) is 0. The highest BCUT2D eigenvalue weighted by Crippen LogP contribution is 2.25. The molecule has 1 aliphatic heterocycles. The van der Waals surface area contributed by atoms with Crippen LogP contribution in [0, 0.1) is 0 Å². The zero-order valence-electron chi connectivity index (χ0n) is 14.6. The molecule has 8 nitrogen and oxygen atoms in total. The van der Waals surface area contributed by atoms with Gasteiger partial charge in [0, 0.05) is 37.8 Å². The summed E-state index contributed by atoms with van der Waals surface area (Å²) in [4.78, 5) is 22.5. The summed E-state index contributed by atoms with van der Waals surface area (Å²) in [6.07, 6.45) is 3.57. The van der Waals surface area contributed by atoms with E-state index in [4.69, 9.17) is 10.7 Å². The van der Waals surface area contributed by atoms with Crippen LogP contribution >= 0.6 is 11.3 Å². The summed E-state index contributed by atoms with van der Waals surface area (Å²) in [6.45, 7) is 3.35. The summed E-state index contributed by atoms with van der Waals surface area (Å²) in [5.74, 6) is 2.07. The summed E-state index contributed by atoms with van der Waals surface area (Å²) in [6, 6.07) is 8.02. The Morgan fingerprint density at radius 1 is 0.963 bits per heavy atom. The van der Waals surface area contributed by atoms with Gasteiger partial charge in [0.2, 0.25) is 5.95 Å². The van der Waals surface area contributed by atoms with E-state index in [0.717, 1.165) is 43.3 Å². The van der Waals surface area contributed by atoms with Crippen LogP contribution in [0.4, 0.5) is 17.6 Å². The molecule has 0 spiro atoms. The van der Waals surface area contributed by atoms with Crippen LogP contribution in [-0.4, -0.2) is 50.7 Å². The van der Waals surface area contributed by atoms with Gasteiger partial charge in [-0.3, -0.25) is 4.57 Å². The van der Waals surface area contributed by atoms with Gasteiger partial charge in [0.15, 0.2) is 17.0 Å². The van der Waals surface area contributed by atoms with Crippen molar-refractivity contribution in [2.75, 3.05) is 41.7 Å². The number of imidazole rings is 1. The first-order chi connectivity index (χ1) is 13.3. The van der Waals surface area contributed by atoms with E-state index in [0.29, 0.717) is 17.3 Å². The molecule has 0 saturated carbocycles. The molecule has 4 aromatic heterocycles. The number of hydrogen-bond acceptors (Lipinski definition) is 8. The van der Waals surface area contributed by atoms with Gasteiger partial charge in [-0.05, 0) is 23.6 Å². The number of thiophene rings is 1. The average molecular weight is 378 g/mol. The van der Waals surface area contributed by atoms with Gasteiger partial charge in [-0.2, -0.15) is 21.3 Å². The Morgan fingerprint density at radius 3 is 2.56 bits per heavy atom. The van der Waals surface area contributed by atoms with E-state index in [1.54, 1.807) is 17.7 Å². The highest BCUT2D eigenvalue weighted by atomic mass is 32.1. The first kappa shape index (κ1) is 16.0. The summed E-state index contributed by atoms with van der Waals surface area (Å²) >= 11 is 1.64. The predicted octanol–water partition coefficient (Wildman–Crippen LogP) is 2.18. The maximum Gasteiger partial charge on any atom is 0.229 e. The Balaban J connectivity index is 1.43. The number of pyridine rings is 1. The average Bonchev–Trinajstić information content (AvgIpc) is 3.38. The zero-order chi connectivity index (χ0) is 18.2. The van der Waals surface area contributed by atoms with Crippen molar-refractivity contribution < 1.29 is 0 Å². The lowest BCUT2D eigenvalue weighted by atomic mass is 10.3. The molecule has 9 heteroatoms. The van der Waals surface area contributed by atoms with Crippen molar-refractivity contribution in [3.63, 3.8) is 0 Å². The fourth-order valence-corrected chi connectivity index (χ4v) is 3.94. The number of nitrogens with two attached hydrogens (primary N) is 1. The summed E-state index contributed by atoms with van der Waals surface area (Å²) in [5.41, 5.74) is 8.59. The molecule has 1 fully saturated rings. The number of piperazine rings is 1. The molecule has 0 radical (unpaired) electrons. The van der Waals surface area contributed by atoms with Gasteiger partial charge in [-0.25, -0.2) is 9.97 Å². The fourth-order valence-electron chi connectivity index (χ4n) is 3.31. The SMILES string of the molecule is Nc1nc(N2CCN(c3ccccn3)CC2)nc2c1ncn2-c1ccsc1. The quantitative estimate of drug-likeness (QED) is 0.584. The molecule has 27 heavy (non-hydrogen) atoms. The zero-order valence-corrected chi connectivity index (χ0v) is 15.4. The molecule has 1 saturated heterocycles. The van der Waals surface area contributed by atoms with E-state index in [2.05, 4.69) is 30.1 Å². The molecule has 5 heterocycles. The van der Waals surface area contributed by atoms with Crippen molar-refractivity contribution in [3.8, 4) is 5.69 Å². The highest BCUT2D eigenvalue weighted by molar-refractivity contribution is 7.08. The largest absolute Gasteiger partial charge is 0.382 e. The van der Waals surface area contributed by atoms with Gasteiger partial charge < -0.3 is 15.5 Å². The van der Waals surface area contributed by atoms with E-state index >= 15 is 0 Å². The van der Waals surface area contributed by atoms with Crippen LogP contribution in [0.1, 0.15) is 0 Å². The lowest BCUT2D eigenvalue weighted by Crippen LogP contribution is -2.47. The molecular formula is C18H18N8S. The lowest BCUT2D eigenvalue weighted by molar-refractivity contribution is 0.636. The van der Waals surface area contributed by atoms with Gasteiger partial charge in [0.1, 0.15) is 12.1 Å². The normalized spacial score (nSPS) is 14.8. The van der Waals surface area contributed by atoms with Crippen molar-refractivity contribution in [1.29, 1.82) is 0 Å². The van der Waals surface area contributed by atoms with Crippen LogP contribution in [0.5, 0.6) is 0 Å². The minimum atomic E-state index is 0.413. The Morgan fingerprint density at radius 2 is 1.81 bits per heavy atom. The number of hydrogen-bond donors (Lipinski definition) is 1. The van der Waals surface area contributed by atoms with E-state index in [-0.39, 0.29) is 0 Å². The molecule has 0 aromatic carbocycles. The standard InChI is InChI=1S/C18H18N8S/c19-16-15-17(26(12-21-15)13-4-10-27-11-13)23-18(22-16)25-8-6-24(7-9-25)14-3-1-2-5-20-14/h1-5,10-12H,6-9H2,(H2,19,22,23). The summed E-state index contributed by atoms with van der Waals surface area (Å²) < 4.78 is 1.96. The smallest absolute Gasteiger partial charge is 0.229 e. The molecule has 0 atom stereocenters. The molecule has 0 aliphatic carbocycles. The minimum Gasteiger partial charge on any atom is -0.382 e. The van der Waals surface area contributed by atoms with E-state index in [1.807, 2.05) is 40.4 Å². The molecule has 4 aromatic rings. The van der Waals surface area contributed by atoms with Gasteiger partial charge in [-0.15, -0.1) is 0 Å². The number of fused-ring (bicyclic) bond motifs is 1. The Labute approximate surface area is 159 Å². The third-order valence-electron chi connectivity index (χ3n) is 4.73. The van der Waals surface area contributed by atoms with Crippen molar-refractivity contribution in [2.45, 2.75) is 0 Å². The molecule has 136 valence electrons. The molecule has 2 N–H and O–H groups in total. The number of rotatable bonds is 3. The number of aromatic nitrogens is 5. The highest BCUT2D eigenvalue weighted by Gasteiger charge is 2.22. The monoisotopic (exact) mass is 378 g/mol. The maximum atomic E-state index is 6.18. The Kier molecular flexibility index (Phi) is 3.86. The Bertz CT molecular complexity index is 1050. The van der Waals surface area contributed by atoms with Crippen molar-refractivity contribution in [1.82, 2.24) is 24.5 Å². The Hall–Kier alpha value is -3.20. The van der Waals surface area contributed by atoms with E-state index in [9.17, 15) is 0 Å². The van der Waals surface area contributed by atoms with Crippen LogP contribution < -0.4 is 15.5 Å². The van der Waals surface area contributed by atoms with Crippen LogP contribution in [0.2, 0.25) is 0 Å². The maximum absolute atomic E-state index is 6.18. The van der Waals surface area contributed by atoms with Gasteiger partial charge in [-0.1, -0.05) is 6.07 Å². The molecule has 1 aliphatic rings. The van der Waals surface area contributed by atoms with E-state index in [1.165, 1.54) is 0 Å². The first-order valence-corrected chi connectivity index (χ1v) is 9.68. The van der Waals surface area contributed by atoms with Crippen LogP contribution in [0.15, 0.2) is 47.5 Å². The topological polar surface area (TPSA) is 89.0 Å². The second kappa shape index (κ2) is 6.51. The molecule has 0 amide bonds. The summed E-state index contributed by atoms with van der Waals surface area (Å²) in [5, 5.41) is 4.09. The van der Waals surface area contributed by atoms with Crippen molar-refractivity contribution in [2.24, 2.45) is 0 Å². The van der Waals surface area contributed by atoms with Gasteiger partial charge >= 0.3 is 0 Å². The second-order valence-corrected chi connectivity index (χ2v) is 7.12. The van der Waals surface area contributed by atoms with Gasteiger partial charge in [0.05, 0.1) is 5.69 Å². The second-order valence-electron chi connectivity index (χ2n) is 6.34. The molecular weight excluding hydrogens is 360 g/mol. The van der Waals surface area contributed by atoms with E-state index < -0.39 is 0 Å². The van der Waals surface area contributed by atoms with Gasteiger partial charge in [0.25, 0.3) is 0 Å².